The summed E-state index contributed by atoms with van der Waals surface area (Å²) in [6.45, 7) is 4.63. The number of hydrogen-bond donors (Lipinski definition) is 0. The smallest absolute Gasteiger partial charge is 0.315 e. The topological polar surface area (TPSA) is 73.8 Å². The monoisotopic (exact) mass is 570 g/mol. The van der Waals surface area contributed by atoms with Crippen LogP contribution in [0.2, 0.25) is 0 Å². The Bertz CT molecular complexity index is 1650. The number of rotatable bonds is 6. The highest BCUT2D eigenvalue weighted by atomic mass is 16.9. The quantitative estimate of drug-likeness (QED) is 0.287. The molecule has 6 aliphatic rings. The van der Waals surface area contributed by atoms with Crippen molar-refractivity contribution >= 4 is 21.5 Å². The average molecular weight is 571 g/mol. The average Bonchev–Trinajstić information content (AvgIpc) is 3.05. The van der Waals surface area contributed by atoms with Crippen LogP contribution >= 0.6 is 0 Å². The lowest BCUT2D eigenvalue weighted by Crippen LogP contribution is -2.65. The van der Waals surface area contributed by atoms with Gasteiger partial charge in [0.15, 0.2) is 0 Å². The van der Waals surface area contributed by atoms with E-state index in [-0.39, 0.29) is 16.9 Å². The van der Waals surface area contributed by atoms with E-state index >= 15 is 0 Å². The highest BCUT2D eigenvalue weighted by Gasteiger charge is 2.61. The maximum absolute atomic E-state index is 6.74. The van der Waals surface area contributed by atoms with Crippen molar-refractivity contribution in [2.24, 2.45) is 10.8 Å². The first-order valence-corrected chi connectivity index (χ1v) is 14.4. The van der Waals surface area contributed by atoms with E-state index in [9.17, 15) is 0 Å². The highest BCUT2D eigenvalue weighted by Crippen LogP contribution is 2.55. The molecule has 8 heteroatoms. The molecule has 0 amide bonds. The summed E-state index contributed by atoms with van der Waals surface area (Å²) in [7, 11) is 3.34. The Labute approximate surface area is 244 Å². The van der Waals surface area contributed by atoms with E-state index in [1.54, 1.807) is 14.2 Å². The maximum Gasteiger partial charge on any atom is 0.315 e. The Morgan fingerprint density at radius 3 is 2.10 bits per heavy atom. The van der Waals surface area contributed by atoms with Crippen LogP contribution in [0.25, 0.3) is 21.5 Å². The van der Waals surface area contributed by atoms with E-state index in [0.717, 1.165) is 38.4 Å². The molecular formula is C34H34O8. The zero-order valence-corrected chi connectivity index (χ0v) is 24.0. The van der Waals surface area contributed by atoms with Crippen molar-refractivity contribution < 1.29 is 37.9 Å². The minimum absolute atomic E-state index is 0.150. The highest BCUT2D eigenvalue weighted by molar-refractivity contribution is 5.90. The van der Waals surface area contributed by atoms with Crippen LogP contribution in [0.1, 0.15) is 24.5 Å². The van der Waals surface area contributed by atoms with E-state index in [1.807, 2.05) is 60.7 Å². The first-order valence-electron chi connectivity index (χ1n) is 14.4. The summed E-state index contributed by atoms with van der Waals surface area (Å²) in [5.41, 5.74) is 0.904. The lowest BCUT2D eigenvalue weighted by atomic mass is 9.73. The maximum atomic E-state index is 6.74. The number of fused-ring (bicyclic) bond motifs is 8. The molecule has 0 N–H and O–H groups in total. The zero-order chi connectivity index (χ0) is 28.6. The van der Waals surface area contributed by atoms with E-state index in [0.29, 0.717) is 45.2 Å². The van der Waals surface area contributed by atoms with Gasteiger partial charge in [-0.2, -0.15) is 0 Å². The van der Waals surface area contributed by atoms with Crippen LogP contribution in [-0.2, 0) is 40.4 Å². The molecule has 42 heavy (non-hydrogen) atoms. The molecule has 6 fully saturated rings. The molecule has 0 aromatic heterocycles. The summed E-state index contributed by atoms with van der Waals surface area (Å²) in [6, 6.07) is 24.2. The van der Waals surface area contributed by atoms with Crippen molar-refractivity contribution in [2.75, 3.05) is 47.3 Å². The van der Waals surface area contributed by atoms with Crippen molar-refractivity contribution in [1.82, 2.24) is 0 Å². The predicted octanol–water partition coefficient (Wildman–Crippen LogP) is 5.84. The van der Waals surface area contributed by atoms with Crippen molar-refractivity contribution in [3.05, 3.63) is 83.9 Å². The van der Waals surface area contributed by atoms with Crippen LogP contribution in [0.5, 0.6) is 11.5 Å². The fraction of sp³-hybridized carbons (Fsp3) is 0.412. The summed E-state index contributed by atoms with van der Waals surface area (Å²) in [6.07, 6.45) is 0.538. The first-order chi connectivity index (χ1) is 20.4. The fourth-order valence-corrected chi connectivity index (χ4v) is 6.75. The molecule has 0 aliphatic carbocycles. The standard InChI is InChI=1S/C34H34O8/c1-31-17-37-33(38-18-31,25-11-8-24-15-26(35-2)12-9-23(24)14-25)42-29(31)16-32-19-39-34(40-20-32,41-21-32)28-13-10-22-6-4-5-7-27(22)30(28)36-3/h4-15,29H,16-21H2,1-3H3. The molecule has 4 aromatic carbocycles. The van der Waals surface area contributed by atoms with E-state index in [2.05, 4.69) is 19.1 Å². The van der Waals surface area contributed by atoms with Gasteiger partial charge in [-0.25, -0.2) is 0 Å². The molecule has 1 atom stereocenters. The number of benzene rings is 4. The van der Waals surface area contributed by atoms with E-state index in [4.69, 9.17) is 37.9 Å². The van der Waals surface area contributed by atoms with Crippen LogP contribution in [-0.4, -0.2) is 53.4 Å². The van der Waals surface area contributed by atoms with Gasteiger partial charge in [-0.3, -0.25) is 0 Å². The minimum Gasteiger partial charge on any atom is -0.497 e. The SMILES string of the molecule is COc1ccc2cc(C34OCC(C)(CO3)C(CC35COC(c6ccc7ccccc7c6OC)(OC3)OC5)O4)ccc2c1. The van der Waals surface area contributed by atoms with Gasteiger partial charge in [-0.05, 0) is 46.8 Å². The molecule has 0 spiro atoms. The second-order valence-corrected chi connectivity index (χ2v) is 12.3. The second-order valence-electron chi connectivity index (χ2n) is 12.3. The van der Waals surface area contributed by atoms with Gasteiger partial charge >= 0.3 is 11.9 Å². The summed E-state index contributed by atoms with van der Waals surface area (Å²) < 4.78 is 49.8. The van der Waals surface area contributed by atoms with Gasteiger partial charge in [0.1, 0.15) is 11.5 Å². The van der Waals surface area contributed by atoms with Gasteiger partial charge in [0.05, 0.1) is 58.9 Å². The van der Waals surface area contributed by atoms with Crippen molar-refractivity contribution in [2.45, 2.75) is 31.4 Å². The fourth-order valence-electron chi connectivity index (χ4n) is 6.75. The van der Waals surface area contributed by atoms with Crippen LogP contribution in [0, 0.1) is 10.8 Å². The normalized spacial score (nSPS) is 33.7. The van der Waals surface area contributed by atoms with Crippen molar-refractivity contribution in [3.63, 3.8) is 0 Å². The van der Waals surface area contributed by atoms with Crippen LogP contribution < -0.4 is 9.47 Å². The first kappa shape index (κ1) is 26.4. The lowest BCUT2D eigenvalue weighted by Gasteiger charge is -2.58. The Morgan fingerprint density at radius 2 is 1.36 bits per heavy atom. The Balaban J connectivity index is 1.04. The summed E-state index contributed by atoms with van der Waals surface area (Å²) in [5.74, 6) is -1.04. The van der Waals surface area contributed by atoms with Crippen molar-refractivity contribution in [1.29, 1.82) is 0 Å². The molecule has 0 radical (unpaired) electrons. The van der Waals surface area contributed by atoms with Crippen molar-refractivity contribution in [3.8, 4) is 11.5 Å². The lowest BCUT2D eigenvalue weighted by molar-refractivity contribution is -0.511. The Kier molecular flexibility index (Phi) is 5.89. The molecule has 4 aromatic rings. The summed E-state index contributed by atoms with van der Waals surface area (Å²) in [5, 5.41) is 4.20. The number of ether oxygens (including phenoxy) is 8. The predicted molar refractivity (Wildman–Crippen MR) is 154 cm³/mol. The summed E-state index contributed by atoms with van der Waals surface area (Å²) >= 11 is 0. The molecule has 0 saturated carbocycles. The zero-order valence-electron chi connectivity index (χ0n) is 24.0. The molecule has 4 bridgehead atoms. The third-order valence-corrected chi connectivity index (χ3v) is 9.40. The Hall–Kier alpha value is -3.24. The molecule has 8 nitrogen and oxygen atoms in total. The van der Waals surface area contributed by atoms with Crippen LogP contribution in [0.3, 0.4) is 0 Å². The van der Waals surface area contributed by atoms with E-state index in [1.165, 1.54) is 0 Å². The Morgan fingerprint density at radius 1 is 0.690 bits per heavy atom. The van der Waals surface area contributed by atoms with Gasteiger partial charge < -0.3 is 37.9 Å². The number of methoxy groups -OCH3 is 2. The van der Waals surface area contributed by atoms with Gasteiger partial charge in [-0.15, -0.1) is 0 Å². The largest absolute Gasteiger partial charge is 0.497 e. The molecule has 218 valence electrons. The molecular weight excluding hydrogens is 536 g/mol. The third-order valence-electron chi connectivity index (χ3n) is 9.40. The second kappa shape index (κ2) is 9.38. The molecule has 6 saturated heterocycles. The van der Waals surface area contributed by atoms with Gasteiger partial charge in [0, 0.05) is 21.8 Å². The van der Waals surface area contributed by atoms with Gasteiger partial charge in [-0.1, -0.05) is 55.5 Å². The van der Waals surface area contributed by atoms with Gasteiger partial charge in [0.2, 0.25) is 0 Å². The summed E-state index contributed by atoms with van der Waals surface area (Å²) in [4.78, 5) is 0. The molecule has 6 heterocycles. The van der Waals surface area contributed by atoms with Crippen LogP contribution in [0.4, 0.5) is 0 Å². The molecule has 6 aliphatic heterocycles. The van der Waals surface area contributed by atoms with Crippen LogP contribution in [0.15, 0.2) is 72.8 Å². The molecule has 10 rings (SSSR count). The van der Waals surface area contributed by atoms with E-state index < -0.39 is 11.9 Å². The number of hydrogen-bond acceptors (Lipinski definition) is 8. The minimum atomic E-state index is -1.30. The third kappa shape index (κ3) is 3.90. The molecule has 1 unspecified atom stereocenters. The van der Waals surface area contributed by atoms with Gasteiger partial charge in [0.25, 0.3) is 0 Å².